The van der Waals surface area contributed by atoms with Crippen molar-refractivity contribution in [2.75, 3.05) is 0 Å². The van der Waals surface area contributed by atoms with E-state index in [-0.39, 0.29) is 5.78 Å². The lowest BCUT2D eigenvalue weighted by atomic mass is 10.1. The van der Waals surface area contributed by atoms with Crippen molar-refractivity contribution in [3.63, 3.8) is 0 Å². The van der Waals surface area contributed by atoms with Gasteiger partial charge in [0, 0.05) is 12.0 Å². The van der Waals surface area contributed by atoms with E-state index >= 15 is 0 Å². The molecule has 3 heteroatoms. The molecule has 3 nitrogen and oxygen atoms in total. The number of aliphatic hydroxyl groups excluding tert-OH is 1. The van der Waals surface area contributed by atoms with Crippen LogP contribution in [0.4, 0.5) is 0 Å². The quantitative estimate of drug-likeness (QED) is 0.476. The molecule has 2 aromatic carbocycles. The Hall–Kier alpha value is -2.39. The van der Waals surface area contributed by atoms with Gasteiger partial charge in [-0.25, -0.2) is 0 Å². The zero-order valence-corrected chi connectivity index (χ0v) is 12.6. The Balaban J connectivity index is 1.98. The van der Waals surface area contributed by atoms with Gasteiger partial charge in [-0.2, -0.15) is 0 Å². The summed E-state index contributed by atoms with van der Waals surface area (Å²) in [6.07, 6.45) is 3.97. The number of carbonyl (C=O) groups excluding carboxylic acids is 1. The molecule has 0 spiro atoms. The summed E-state index contributed by atoms with van der Waals surface area (Å²) in [5.74, 6) is 0.494. The van der Waals surface area contributed by atoms with Gasteiger partial charge in [-0.05, 0) is 35.9 Å². The molecule has 0 radical (unpaired) electrons. The van der Waals surface area contributed by atoms with Crippen LogP contribution in [0.15, 0.2) is 60.7 Å². The van der Waals surface area contributed by atoms with Crippen molar-refractivity contribution in [2.24, 2.45) is 0 Å². The topological polar surface area (TPSA) is 46.5 Å². The number of ether oxygens (including phenoxy) is 1. The van der Waals surface area contributed by atoms with Crippen molar-refractivity contribution in [1.29, 1.82) is 0 Å². The summed E-state index contributed by atoms with van der Waals surface area (Å²) in [6, 6.07) is 16.5. The maximum Gasteiger partial charge on any atom is 0.197 e. The van der Waals surface area contributed by atoms with E-state index in [2.05, 4.69) is 0 Å². The third kappa shape index (κ3) is 4.86. The second-order valence-corrected chi connectivity index (χ2v) is 4.99. The summed E-state index contributed by atoms with van der Waals surface area (Å²) in [5.41, 5.74) is 1.57. The molecule has 0 saturated carbocycles. The first-order valence-electron chi connectivity index (χ1n) is 7.41. The monoisotopic (exact) mass is 296 g/mol. The number of carbonyl (C=O) groups is 1. The summed E-state index contributed by atoms with van der Waals surface area (Å²) in [5, 5.41) is 9.59. The van der Waals surface area contributed by atoms with E-state index < -0.39 is 6.29 Å². The Morgan fingerprint density at radius 2 is 1.82 bits per heavy atom. The fraction of sp³-hybridized carbons (Fsp3) is 0.211. The predicted octanol–water partition coefficient (Wildman–Crippen LogP) is 4.08. The zero-order valence-electron chi connectivity index (χ0n) is 12.6. The average molecular weight is 296 g/mol. The van der Waals surface area contributed by atoms with Crippen molar-refractivity contribution < 1.29 is 14.6 Å². The third-order valence-corrected chi connectivity index (χ3v) is 3.17. The van der Waals surface area contributed by atoms with Crippen LogP contribution >= 0.6 is 0 Å². The minimum Gasteiger partial charge on any atom is -0.465 e. The first kappa shape index (κ1) is 16.0. The van der Waals surface area contributed by atoms with E-state index in [0.717, 1.165) is 12.0 Å². The Kier molecular flexibility index (Phi) is 5.92. The summed E-state index contributed by atoms with van der Waals surface area (Å²) >= 11 is 0. The minimum absolute atomic E-state index is 0.0653. The summed E-state index contributed by atoms with van der Waals surface area (Å²) < 4.78 is 5.35. The fourth-order valence-corrected chi connectivity index (χ4v) is 1.99. The van der Waals surface area contributed by atoms with Gasteiger partial charge >= 0.3 is 0 Å². The molecule has 0 fully saturated rings. The molecule has 1 N–H and O–H groups in total. The van der Waals surface area contributed by atoms with Gasteiger partial charge in [-0.1, -0.05) is 49.8 Å². The lowest BCUT2D eigenvalue weighted by Crippen LogP contribution is -2.14. The van der Waals surface area contributed by atoms with E-state index in [4.69, 9.17) is 4.74 Å². The number of allylic oxidation sites excluding steroid dienone is 1. The predicted molar refractivity (Wildman–Crippen MR) is 87.8 cm³/mol. The molecule has 1 unspecified atom stereocenters. The molecule has 0 aromatic heterocycles. The Bertz CT molecular complexity index is 615. The van der Waals surface area contributed by atoms with Crippen LogP contribution in [0.3, 0.4) is 0 Å². The molecule has 2 aromatic rings. The minimum atomic E-state index is -0.801. The average Bonchev–Trinajstić information content (AvgIpc) is 2.54. The molecule has 0 aliphatic rings. The Labute approximate surface area is 130 Å². The van der Waals surface area contributed by atoms with Crippen LogP contribution < -0.4 is 4.74 Å². The molecule has 114 valence electrons. The number of hydrogen-bond donors (Lipinski definition) is 1. The smallest absolute Gasteiger partial charge is 0.197 e. The van der Waals surface area contributed by atoms with Gasteiger partial charge in [-0.15, -0.1) is 0 Å². The van der Waals surface area contributed by atoms with Crippen LogP contribution in [0.5, 0.6) is 5.75 Å². The maximum absolute atomic E-state index is 12.1. The number of aliphatic hydroxyl groups is 1. The van der Waals surface area contributed by atoms with E-state index in [1.54, 1.807) is 36.4 Å². The molecule has 0 aliphatic carbocycles. The first-order valence-corrected chi connectivity index (χ1v) is 7.41. The highest BCUT2D eigenvalue weighted by atomic mass is 16.6. The van der Waals surface area contributed by atoms with Gasteiger partial charge in [0.1, 0.15) is 5.75 Å². The van der Waals surface area contributed by atoms with Gasteiger partial charge in [0.25, 0.3) is 0 Å². The second-order valence-electron chi connectivity index (χ2n) is 4.99. The normalized spacial score (nSPS) is 12.3. The van der Waals surface area contributed by atoms with Crippen molar-refractivity contribution in [3.8, 4) is 5.75 Å². The standard InChI is InChI=1S/C19H20O3/c1-2-6-19(21)22-17-12-10-16(11-13-17)18(20)14-9-15-7-4-3-5-8-15/h3-5,7-14,19,21H,2,6H2,1H3. The van der Waals surface area contributed by atoms with Crippen LogP contribution in [0.2, 0.25) is 0 Å². The van der Waals surface area contributed by atoms with Crippen molar-refractivity contribution in [1.82, 2.24) is 0 Å². The van der Waals surface area contributed by atoms with Gasteiger partial charge in [-0.3, -0.25) is 4.79 Å². The van der Waals surface area contributed by atoms with Crippen LogP contribution in [0, 0.1) is 0 Å². The molecular weight excluding hydrogens is 276 g/mol. The maximum atomic E-state index is 12.1. The molecule has 0 amide bonds. The number of hydrogen-bond acceptors (Lipinski definition) is 3. The first-order chi connectivity index (χ1) is 10.7. The van der Waals surface area contributed by atoms with Crippen molar-refractivity contribution in [3.05, 3.63) is 71.8 Å². The van der Waals surface area contributed by atoms with Crippen LogP contribution in [-0.4, -0.2) is 17.2 Å². The molecule has 0 heterocycles. The highest BCUT2D eigenvalue weighted by Gasteiger charge is 2.06. The summed E-state index contributed by atoms with van der Waals surface area (Å²) in [7, 11) is 0. The highest BCUT2D eigenvalue weighted by Crippen LogP contribution is 2.15. The molecule has 0 aliphatic heterocycles. The van der Waals surface area contributed by atoms with Gasteiger partial charge in [0.05, 0.1) is 0 Å². The molecule has 0 saturated heterocycles. The molecule has 1 atom stereocenters. The highest BCUT2D eigenvalue weighted by molar-refractivity contribution is 6.06. The molecule has 0 bridgehead atoms. The largest absolute Gasteiger partial charge is 0.465 e. The van der Waals surface area contributed by atoms with Crippen molar-refractivity contribution >= 4 is 11.9 Å². The Morgan fingerprint density at radius 1 is 1.14 bits per heavy atom. The van der Waals surface area contributed by atoms with Gasteiger partial charge in [0.15, 0.2) is 12.1 Å². The summed E-state index contributed by atoms with van der Waals surface area (Å²) in [4.78, 5) is 12.1. The summed E-state index contributed by atoms with van der Waals surface area (Å²) in [6.45, 7) is 1.98. The van der Waals surface area contributed by atoms with Gasteiger partial charge < -0.3 is 9.84 Å². The number of benzene rings is 2. The zero-order chi connectivity index (χ0) is 15.8. The van der Waals surface area contributed by atoms with Gasteiger partial charge in [0.2, 0.25) is 0 Å². The van der Waals surface area contributed by atoms with Crippen molar-refractivity contribution in [2.45, 2.75) is 26.1 Å². The molecule has 22 heavy (non-hydrogen) atoms. The van der Waals surface area contributed by atoms with E-state index in [9.17, 15) is 9.90 Å². The Morgan fingerprint density at radius 3 is 2.45 bits per heavy atom. The van der Waals surface area contributed by atoms with E-state index in [1.165, 1.54) is 0 Å². The van der Waals surface area contributed by atoms with E-state index in [1.807, 2.05) is 37.3 Å². The van der Waals surface area contributed by atoms with E-state index in [0.29, 0.717) is 17.7 Å². The SMILES string of the molecule is CCCC(O)Oc1ccc(C(=O)C=Cc2ccccc2)cc1. The lowest BCUT2D eigenvalue weighted by Gasteiger charge is -2.12. The molecular formula is C19H20O3. The van der Waals surface area contributed by atoms with Crippen LogP contribution in [0.25, 0.3) is 6.08 Å². The number of rotatable bonds is 7. The molecule has 2 rings (SSSR count). The fourth-order valence-electron chi connectivity index (χ4n) is 1.99. The number of ketones is 1. The second kappa shape index (κ2) is 8.15. The lowest BCUT2D eigenvalue weighted by molar-refractivity contribution is -0.0233. The van der Waals surface area contributed by atoms with Crippen LogP contribution in [0.1, 0.15) is 35.7 Å². The van der Waals surface area contributed by atoms with Crippen LogP contribution in [-0.2, 0) is 0 Å². The third-order valence-electron chi connectivity index (χ3n) is 3.17.